The van der Waals surface area contributed by atoms with Crippen LogP contribution < -0.4 is 0 Å². The molecule has 0 aliphatic heterocycles. The Morgan fingerprint density at radius 2 is 2.28 bits per heavy atom. The molecule has 96 valence electrons. The highest BCUT2D eigenvalue weighted by Crippen LogP contribution is 2.15. The van der Waals surface area contributed by atoms with E-state index < -0.39 is 17.8 Å². The molecular formula is C13H15FN2O2. The van der Waals surface area contributed by atoms with Gasteiger partial charge < -0.3 is 5.11 Å². The minimum Gasteiger partial charge on any atom is -0.480 e. The van der Waals surface area contributed by atoms with Crippen molar-refractivity contribution in [2.45, 2.75) is 25.9 Å². The summed E-state index contributed by atoms with van der Waals surface area (Å²) >= 11 is 0. The molecule has 0 radical (unpaired) electrons. The van der Waals surface area contributed by atoms with Gasteiger partial charge >= 0.3 is 5.97 Å². The summed E-state index contributed by atoms with van der Waals surface area (Å²) in [5, 5.41) is 17.9. The fourth-order valence-corrected chi connectivity index (χ4v) is 1.86. The van der Waals surface area contributed by atoms with Gasteiger partial charge in [0.1, 0.15) is 11.9 Å². The zero-order valence-corrected chi connectivity index (χ0v) is 10.4. The minimum absolute atomic E-state index is 0.228. The highest BCUT2D eigenvalue weighted by atomic mass is 19.1. The van der Waals surface area contributed by atoms with E-state index in [-0.39, 0.29) is 6.54 Å². The highest BCUT2D eigenvalue weighted by molar-refractivity contribution is 5.73. The number of rotatable bonds is 5. The van der Waals surface area contributed by atoms with E-state index in [0.717, 1.165) is 0 Å². The smallest absolute Gasteiger partial charge is 0.320 e. The lowest BCUT2D eigenvalue weighted by Gasteiger charge is -2.23. The summed E-state index contributed by atoms with van der Waals surface area (Å²) in [7, 11) is 1.65. The number of nitrogens with zero attached hydrogens (tertiary/aromatic N) is 2. The van der Waals surface area contributed by atoms with Crippen molar-refractivity contribution in [1.29, 1.82) is 5.26 Å². The molecule has 5 heteroatoms. The fourth-order valence-electron chi connectivity index (χ4n) is 1.86. The van der Waals surface area contributed by atoms with E-state index in [1.807, 2.05) is 6.07 Å². The molecule has 0 heterocycles. The Morgan fingerprint density at radius 3 is 2.78 bits per heavy atom. The number of benzene rings is 1. The molecule has 1 atom stereocenters. The van der Waals surface area contributed by atoms with E-state index in [1.54, 1.807) is 18.9 Å². The first-order valence-electron chi connectivity index (χ1n) is 5.61. The van der Waals surface area contributed by atoms with Crippen LogP contribution in [0.5, 0.6) is 0 Å². The Bertz CT molecular complexity index is 482. The molecule has 0 fully saturated rings. The van der Waals surface area contributed by atoms with Gasteiger partial charge in [-0.25, -0.2) is 4.39 Å². The Morgan fingerprint density at radius 1 is 1.61 bits per heavy atom. The van der Waals surface area contributed by atoms with Crippen molar-refractivity contribution in [3.8, 4) is 6.07 Å². The molecular weight excluding hydrogens is 235 g/mol. The van der Waals surface area contributed by atoms with Crippen LogP contribution in [-0.4, -0.2) is 29.1 Å². The number of hydrogen-bond acceptors (Lipinski definition) is 3. The highest BCUT2D eigenvalue weighted by Gasteiger charge is 2.21. The van der Waals surface area contributed by atoms with E-state index in [4.69, 9.17) is 10.4 Å². The second-order valence-electron chi connectivity index (χ2n) is 4.09. The van der Waals surface area contributed by atoms with Crippen molar-refractivity contribution in [2.75, 3.05) is 7.05 Å². The lowest BCUT2D eigenvalue weighted by molar-refractivity contribution is -0.143. The van der Waals surface area contributed by atoms with Gasteiger partial charge in [0.15, 0.2) is 0 Å². The molecule has 0 spiro atoms. The molecule has 0 aliphatic rings. The van der Waals surface area contributed by atoms with E-state index in [1.165, 1.54) is 18.2 Å². The van der Waals surface area contributed by atoms with Gasteiger partial charge in [0.25, 0.3) is 0 Å². The molecule has 1 unspecified atom stereocenters. The van der Waals surface area contributed by atoms with Gasteiger partial charge in [0, 0.05) is 6.54 Å². The molecule has 1 rings (SSSR count). The molecule has 4 nitrogen and oxygen atoms in total. The number of carboxylic acids is 1. The summed E-state index contributed by atoms with van der Waals surface area (Å²) in [6, 6.07) is 5.22. The molecule has 0 saturated carbocycles. The second-order valence-corrected chi connectivity index (χ2v) is 4.09. The van der Waals surface area contributed by atoms with Crippen LogP contribution in [-0.2, 0) is 11.3 Å². The third-order valence-electron chi connectivity index (χ3n) is 2.81. The fraction of sp³-hybridized carbons (Fsp3) is 0.385. The SMILES string of the molecule is CCC(C(=O)O)N(C)Cc1cc(F)ccc1C#N. The summed E-state index contributed by atoms with van der Waals surface area (Å²) in [5.41, 5.74) is 0.864. The number of likely N-dealkylation sites (N-methyl/N-ethyl adjacent to an activating group) is 1. The van der Waals surface area contributed by atoms with E-state index in [2.05, 4.69) is 0 Å². The number of carbonyl (C=O) groups is 1. The van der Waals surface area contributed by atoms with Crippen LogP contribution in [0.25, 0.3) is 0 Å². The summed E-state index contributed by atoms with van der Waals surface area (Å²) in [4.78, 5) is 12.6. The first kappa shape index (κ1) is 14.1. The lowest BCUT2D eigenvalue weighted by Crippen LogP contribution is -2.37. The zero-order chi connectivity index (χ0) is 13.7. The Hall–Kier alpha value is -1.93. The third-order valence-corrected chi connectivity index (χ3v) is 2.81. The molecule has 0 aliphatic carbocycles. The minimum atomic E-state index is -0.921. The Balaban J connectivity index is 2.93. The van der Waals surface area contributed by atoms with Gasteiger partial charge in [-0.05, 0) is 37.2 Å². The van der Waals surface area contributed by atoms with E-state index in [0.29, 0.717) is 17.5 Å². The van der Waals surface area contributed by atoms with Crippen LogP contribution in [0.4, 0.5) is 4.39 Å². The van der Waals surface area contributed by atoms with Crippen molar-refractivity contribution in [3.05, 3.63) is 35.1 Å². The summed E-state index contributed by atoms with van der Waals surface area (Å²) < 4.78 is 13.1. The van der Waals surface area contributed by atoms with Crippen molar-refractivity contribution in [1.82, 2.24) is 4.90 Å². The normalized spacial score (nSPS) is 12.2. The molecule has 18 heavy (non-hydrogen) atoms. The molecule has 0 aromatic heterocycles. The van der Waals surface area contributed by atoms with Crippen molar-refractivity contribution in [2.24, 2.45) is 0 Å². The number of hydrogen-bond donors (Lipinski definition) is 1. The Kier molecular flexibility index (Phi) is 4.81. The monoisotopic (exact) mass is 250 g/mol. The van der Waals surface area contributed by atoms with Crippen LogP contribution in [0, 0.1) is 17.1 Å². The maximum atomic E-state index is 13.1. The molecule has 0 bridgehead atoms. The summed E-state index contributed by atoms with van der Waals surface area (Å²) in [6.45, 7) is 2.00. The number of carboxylic acid groups (broad SMARTS) is 1. The van der Waals surface area contributed by atoms with E-state index in [9.17, 15) is 9.18 Å². The first-order valence-corrected chi connectivity index (χ1v) is 5.61. The topological polar surface area (TPSA) is 64.3 Å². The van der Waals surface area contributed by atoms with Crippen LogP contribution >= 0.6 is 0 Å². The molecule has 0 amide bonds. The van der Waals surface area contributed by atoms with Gasteiger partial charge in [-0.3, -0.25) is 9.69 Å². The van der Waals surface area contributed by atoms with Crippen LogP contribution in [0.15, 0.2) is 18.2 Å². The van der Waals surface area contributed by atoms with Crippen LogP contribution in [0.1, 0.15) is 24.5 Å². The second kappa shape index (κ2) is 6.12. The molecule has 1 N–H and O–H groups in total. The standard InChI is InChI=1S/C13H15FN2O2/c1-3-12(13(17)18)16(2)8-10-6-11(14)5-4-9(10)7-15/h4-6,12H,3,8H2,1-2H3,(H,17,18). The van der Waals surface area contributed by atoms with Gasteiger partial charge in [-0.15, -0.1) is 0 Å². The zero-order valence-electron chi connectivity index (χ0n) is 10.4. The Labute approximate surface area is 105 Å². The van der Waals surface area contributed by atoms with Crippen LogP contribution in [0.3, 0.4) is 0 Å². The largest absolute Gasteiger partial charge is 0.480 e. The van der Waals surface area contributed by atoms with Gasteiger partial charge in [0.05, 0.1) is 11.6 Å². The van der Waals surface area contributed by atoms with Gasteiger partial charge in [-0.2, -0.15) is 5.26 Å². The van der Waals surface area contributed by atoms with Gasteiger partial charge in [-0.1, -0.05) is 6.92 Å². The number of nitriles is 1. The van der Waals surface area contributed by atoms with E-state index >= 15 is 0 Å². The number of halogens is 1. The molecule has 0 saturated heterocycles. The third kappa shape index (κ3) is 3.28. The lowest BCUT2D eigenvalue weighted by atomic mass is 10.1. The number of aliphatic carboxylic acids is 1. The van der Waals surface area contributed by atoms with Crippen molar-refractivity contribution < 1.29 is 14.3 Å². The predicted molar refractivity (Wildman–Crippen MR) is 64.3 cm³/mol. The van der Waals surface area contributed by atoms with Gasteiger partial charge in [0.2, 0.25) is 0 Å². The first-order chi connectivity index (χ1) is 8.49. The average Bonchev–Trinajstić information content (AvgIpc) is 2.29. The average molecular weight is 250 g/mol. The molecule has 1 aromatic carbocycles. The summed E-state index contributed by atoms with van der Waals surface area (Å²) in [5.74, 6) is -1.35. The maximum Gasteiger partial charge on any atom is 0.320 e. The van der Waals surface area contributed by atoms with Crippen molar-refractivity contribution >= 4 is 5.97 Å². The maximum absolute atomic E-state index is 13.1. The predicted octanol–water partition coefficient (Wildman–Crippen LogP) is 1.99. The van der Waals surface area contributed by atoms with Crippen LogP contribution in [0.2, 0.25) is 0 Å². The molecule has 1 aromatic rings. The van der Waals surface area contributed by atoms with Crippen molar-refractivity contribution in [3.63, 3.8) is 0 Å². The summed E-state index contributed by atoms with van der Waals surface area (Å²) in [6.07, 6.45) is 0.447. The quantitative estimate of drug-likeness (QED) is 0.868.